The Morgan fingerprint density at radius 3 is 2.05 bits per heavy atom. The van der Waals surface area contributed by atoms with Crippen LogP contribution in [0, 0.1) is 5.92 Å². The zero-order valence-corrected chi connectivity index (χ0v) is 24.5. The maximum absolute atomic E-state index is 13.5. The molecule has 0 spiro atoms. The van der Waals surface area contributed by atoms with E-state index in [4.69, 9.17) is 5.73 Å². The minimum Gasteiger partial charge on any atom is -0.395 e. The number of primary amides is 1. The van der Waals surface area contributed by atoms with E-state index in [1.165, 1.54) is 4.90 Å². The molecule has 4 rings (SSSR count). The summed E-state index contributed by atoms with van der Waals surface area (Å²) in [6, 6.07) is 25.7. The lowest BCUT2D eigenvalue weighted by molar-refractivity contribution is -0.132. The molecule has 228 valence electrons. The number of carbonyl (C=O) groups is 3. The van der Waals surface area contributed by atoms with E-state index in [1.54, 1.807) is 9.80 Å². The van der Waals surface area contributed by atoms with E-state index < -0.39 is 11.9 Å². The molecule has 1 aliphatic rings. The highest BCUT2D eigenvalue weighted by molar-refractivity contribution is 5.92. The smallest absolute Gasteiger partial charge is 0.324 e. The monoisotopic (exact) mass is 586 g/mol. The Morgan fingerprint density at radius 2 is 1.47 bits per heavy atom. The summed E-state index contributed by atoms with van der Waals surface area (Å²) >= 11 is 0. The third-order valence-electron chi connectivity index (χ3n) is 8.26. The molecule has 1 aliphatic carbocycles. The molecule has 4 amide bonds. The normalized spacial score (nSPS) is 17.1. The molecular weight excluding hydrogens is 544 g/mol. The van der Waals surface area contributed by atoms with Gasteiger partial charge in [0.25, 0.3) is 0 Å². The van der Waals surface area contributed by atoms with Gasteiger partial charge < -0.3 is 25.7 Å². The Bertz CT molecular complexity index is 1300. The van der Waals surface area contributed by atoms with Crippen LogP contribution in [0.15, 0.2) is 84.9 Å². The van der Waals surface area contributed by atoms with Gasteiger partial charge in [0, 0.05) is 25.3 Å². The van der Waals surface area contributed by atoms with Crippen molar-refractivity contribution in [3.8, 4) is 0 Å². The van der Waals surface area contributed by atoms with Crippen molar-refractivity contribution < 1.29 is 24.6 Å². The fraction of sp³-hybridized carbons (Fsp3) is 0.382. The number of urea groups is 1. The number of hydrogen-bond acceptors (Lipinski definition) is 5. The van der Waals surface area contributed by atoms with Gasteiger partial charge in [-0.15, -0.1) is 0 Å². The van der Waals surface area contributed by atoms with E-state index in [0.717, 1.165) is 48.9 Å². The first-order chi connectivity index (χ1) is 21.0. The third kappa shape index (κ3) is 8.21. The van der Waals surface area contributed by atoms with Crippen LogP contribution in [0.4, 0.5) is 10.5 Å². The van der Waals surface area contributed by atoms with Crippen LogP contribution >= 0.6 is 0 Å². The van der Waals surface area contributed by atoms with Gasteiger partial charge >= 0.3 is 6.03 Å². The maximum Gasteiger partial charge on any atom is 0.324 e. The number of nitrogens with two attached hydrogens (primary N) is 1. The molecule has 3 atom stereocenters. The summed E-state index contributed by atoms with van der Waals surface area (Å²) in [5, 5.41) is 19.0. The molecule has 3 aromatic rings. The SMILES string of the molecule is NC(=O)[C@H](c1ccccc1)N(C=O)C[C@@H]1CCCC[C@H]1c1ccc(CN(C(=O)N(CCO)CCO)c2ccccc2)cc1. The molecule has 0 saturated heterocycles. The fourth-order valence-corrected chi connectivity index (χ4v) is 6.14. The van der Waals surface area contributed by atoms with Crippen molar-refractivity contribution in [1.29, 1.82) is 0 Å². The van der Waals surface area contributed by atoms with Gasteiger partial charge in [-0.05, 0) is 53.5 Å². The second-order valence-electron chi connectivity index (χ2n) is 11.0. The van der Waals surface area contributed by atoms with E-state index in [-0.39, 0.29) is 44.2 Å². The van der Waals surface area contributed by atoms with Crippen molar-refractivity contribution >= 4 is 24.0 Å². The molecule has 4 N–H and O–H groups in total. The summed E-state index contributed by atoms with van der Waals surface area (Å²) in [7, 11) is 0. The number of para-hydroxylation sites is 1. The van der Waals surface area contributed by atoms with Crippen LogP contribution < -0.4 is 10.6 Å². The molecule has 0 unspecified atom stereocenters. The standard InChI is InChI=1S/C34H42N4O5/c35-33(42)32(28-9-3-1-4-10-28)37(25-41)24-29-11-7-8-14-31(29)27-17-15-26(16-18-27)23-38(30-12-5-2-6-13-30)34(43)36(19-21-39)20-22-40/h1-6,9-10,12-13,15-18,25,29,31-32,39-40H,7-8,11,14,19-24H2,(H2,35,42)/t29-,31-,32-/m0/s1. The van der Waals surface area contributed by atoms with Gasteiger partial charge in [-0.3, -0.25) is 14.5 Å². The summed E-state index contributed by atoms with van der Waals surface area (Å²) in [4.78, 5) is 42.8. The predicted octanol–water partition coefficient (Wildman–Crippen LogP) is 4.06. The predicted molar refractivity (Wildman–Crippen MR) is 166 cm³/mol. The van der Waals surface area contributed by atoms with E-state index >= 15 is 0 Å². The van der Waals surface area contributed by atoms with Crippen LogP contribution in [0.3, 0.4) is 0 Å². The summed E-state index contributed by atoms with van der Waals surface area (Å²) in [5.74, 6) is -0.168. The van der Waals surface area contributed by atoms with Crippen molar-refractivity contribution in [3.63, 3.8) is 0 Å². The molecule has 3 aromatic carbocycles. The second-order valence-corrected chi connectivity index (χ2v) is 11.0. The van der Waals surface area contributed by atoms with Gasteiger partial charge in [-0.1, -0.05) is 85.6 Å². The first kappa shape index (κ1) is 31.7. The minimum absolute atomic E-state index is 0.128. The van der Waals surface area contributed by atoms with E-state index in [9.17, 15) is 24.6 Å². The molecular formula is C34H42N4O5. The van der Waals surface area contributed by atoms with Crippen LogP contribution in [0.5, 0.6) is 0 Å². The van der Waals surface area contributed by atoms with Crippen molar-refractivity contribution in [2.24, 2.45) is 11.7 Å². The number of benzene rings is 3. The van der Waals surface area contributed by atoms with E-state index in [2.05, 4.69) is 12.1 Å². The Balaban J connectivity index is 1.53. The lowest BCUT2D eigenvalue weighted by Crippen LogP contribution is -2.45. The zero-order valence-electron chi connectivity index (χ0n) is 24.5. The first-order valence-corrected chi connectivity index (χ1v) is 14.9. The summed E-state index contributed by atoms with van der Waals surface area (Å²) < 4.78 is 0. The lowest BCUT2D eigenvalue weighted by atomic mass is 9.75. The quantitative estimate of drug-likeness (QED) is 0.246. The number of aliphatic hydroxyl groups excluding tert-OH is 2. The second kappa shape index (κ2) is 15.9. The van der Waals surface area contributed by atoms with Crippen LogP contribution in [0.25, 0.3) is 0 Å². The van der Waals surface area contributed by atoms with Gasteiger partial charge in [0.15, 0.2) is 0 Å². The number of nitrogens with zero attached hydrogens (tertiary/aromatic N) is 3. The van der Waals surface area contributed by atoms with Crippen LogP contribution in [0.1, 0.15) is 54.3 Å². The highest BCUT2D eigenvalue weighted by atomic mass is 16.3. The molecule has 9 heteroatoms. The van der Waals surface area contributed by atoms with E-state index in [0.29, 0.717) is 18.7 Å². The molecule has 0 aliphatic heterocycles. The van der Waals surface area contributed by atoms with Crippen LogP contribution in [0.2, 0.25) is 0 Å². The lowest BCUT2D eigenvalue weighted by Gasteiger charge is -2.37. The molecule has 1 saturated carbocycles. The summed E-state index contributed by atoms with van der Waals surface area (Å²) in [5.41, 5.74) is 9.30. The number of carbonyl (C=O) groups excluding carboxylic acids is 3. The zero-order chi connectivity index (χ0) is 30.6. The fourth-order valence-electron chi connectivity index (χ4n) is 6.14. The first-order valence-electron chi connectivity index (χ1n) is 14.9. The van der Waals surface area contributed by atoms with Gasteiger partial charge in [0.05, 0.1) is 19.8 Å². The number of hydrogen-bond donors (Lipinski definition) is 3. The van der Waals surface area contributed by atoms with Crippen molar-refractivity contribution in [2.75, 3.05) is 37.7 Å². The summed E-state index contributed by atoms with van der Waals surface area (Å²) in [6.45, 7) is 0.616. The van der Waals surface area contributed by atoms with Gasteiger partial charge in [0.1, 0.15) is 6.04 Å². The maximum atomic E-state index is 13.5. The highest BCUT2D eigenvalue weighted by Gasteiger charge is 2.32. The number of anilines is 1. The number of amides is 4. The average Bonchev–Trinajstić information content (AvgIpc) is 3.04. The Kier molecular flexibility index (Phi) is 11.7. The molecule has 1 fully saturated rings. The molecule has 0 heterocycles. The van der Waals surface area contributed by atoms with Crippen LogP contribution in [-0.2, 0) is 16.1 Å². The molecule has 9 nitrogen and oxygen atoms in total. The van der Waals surface area contributed by atoms with Gasteiger partial charge in [0.2, 0.25) is 12.3 Å². The third-order valence-corrected chi connectivity index (χ3v) is 8.26. The molecule has 0 radical (unpaired) electrons. The Hall–Kier alpha value is -4.21. The van der Waals surface area contributed by atoms with Gasteiger partial charge in [-0.2, -0.15) is 0 Å². The van der Waals surface area contributed by atoms with Crippen molar-refractivity contribution in [3.05, 3.63) is 102 Å². The van der Waals surface area contributed by atoms with Crippen LogP contribution in [-0.4, -0.2) is 71.2 Å². The Morgan fingerprint density at radius 1 is 0.860 bits per heavy atom. The largest absolute Gasteiger partial charge is 0.395 e. The summed E-state index contributed by atoms with van der Waals surface area (Å²) in [6.07, 6.45) is 4.81. The topological polar surface area (TPSA) is 127 Å². The van der Waals surface area contributed by atoms with Crippen molar-refractivity contribution in [1.82, 2.24) is 9.80 Å². The van der Waals surface area contributed by atoms with E-state index in [1.807, 2.05) is 72.8 Å². The average molecular weight is 587 g/mol. The molecule has 43 heavy (non-hydrogen) atoms. The van der Waals surface area contributed by atoms with Crippen molar-refractivity contribution in [2.45, 2.75) is 44.2 Å². The molecule has 0 bridgehead atoms. The Labute approximate surface area is 253 Å². The highest BCUT2D eigenvalue weighted by Crippen LogP contribution is 2.39. The number of aliphatic hydroxyl groups is 2. The van der Waals surface area contributed by atoms with Gasteiger partial charge in [-0.25, -0.2) is 4.79 Å². The molecule has 0 aromatic heterocycles. The number of rotatable bonds is 14. The minimum atomic E-state index is -0.818.